The average Bonchev–Trinajstić information content (AvgIpc) is 2.10. The van der Waals surface area contributed by atoms with Crippen LogP contribution in [0.5, 0.6) is 0 Å². The Morgan fingerprint density at radius 3 is 2.70 bits per heavy atom. The van der Waals surface area contributed by atoms with Crippen LogP contribution in [-0.4, -0.2) is 26.3 Å². The molecule has 0 saturated heterocycles. The maximum Gasteiger partial charge on any atom is 0.330 e. The first-order valence-corrected chi connectivity index (χ1v) is 4.48. The van der Waals surface area contributed by atoms with Gasteiger partial charge in [-0.15, -0.1) is 0 Å². The highest BCUT2D eigenvalue weighted by Crippen LogP contribution is 2.31. The highest BCUT2D eigenvalue weighted by molar-refractivity contribution is 9.11. The van der Waals surface area contributed by atoms with Crippen LogP contribution in [0.15, 0.2) is 4.99 Å². The number of hydrogen-bond donors (Lipinski definition) is 1. The molecule has 0 bridgehead atoms. The normalized spacial score (nSPS) is 32.0. The molecule has 2 atom stereocenters. The van der Waals surface area contributed by atoms with Crippen molar-refractivity contribution in [2.24, 2.45) is 4.99 Å². The molecule has 1 heterocycles. The number of thioether (sulfide) groups is 1. The summed E-state index contributed by atoms with van der Waals surface area (Å²) in [7, 11) is 0. The van der Waals surface area contributed by atoms with Gasteiger partial charge in [-0.2, -0.15) is 0 Å². The van der Waals surface area contributed by atoms with Crippen LogP contribution < -0.4 is 0 Å². The zero-order chi connectivity index (χ0) is 7.72. The first-order chi connectivity index (χ1) is 4.61. The molecule has 1 aliphatic heterocycles. The fourth-order valence-corrected chi connectivity index (χ4v) is 2.64. The zero-order valence-electron chi connectivity index (χ0n) is 5.24. The van der Waals surface area contributed by atoms with E-state index in [9.17, 15) is 4.79 Å². The van der Waals surface area contributed by atoms with Crippen LogP contribution in [0.3, 0.4) is 0 Å². The van der Waals surface area contributed by atoms with Crippen molar-refractivity contribution in [3.8, 4) is 0 Å². The number of carbonyl (C=O) groups is 1. The number of halogens is 1. The number of carboxylic acid groups (broad SMARTS) is 1. The van der Waals surface area contributed by atoms with Crippen molar-refractivity contribution in [1.82, 2.24) is 0 Å². The molecular formula is C5H6BrNO2S. The van der Waals surface area contributed by atoms with E-state index in [4.69, 9.17) is 5.11 Å². The van der Waals surface area contributed by atoms with Crippen LogP contribution in [0, 0.1) is 0 Å². The van der Waals surface area contributed by atoms with Crippen LogP contribution in [0.25, 0.3) is 0 Å². The third kappa shape index (κ3) is 1.52. The van der Waals surface area contributed by atoms with Gasteiger partial charge < -0.3 is 5.11 Å². The molecule has 56 valence electrons. The molecule has 0 aliphatic carbocycles. The lowest BCUT2D eigenvalue weighted by atomic mass is 10.4. The minimum atomic E-state index is -0.869. The third-order valence-corrected chi connectivity index (χ3v) is 3.10. The minimum absolute atomic E-state index is 0.0926. The molecule has 1 aliphatic rings. The van der Waals surface area contributed by atoms with Gasteiger partial charge in [0.05, 0.1) is 9.20 Å². The molecule has 1 N–H and O–H groups in total. The van der Waals surface area contributed by atoms with E-state index in [0.29, 0.717) is 0 Å². The number of alkyl halides is 1. The Morgan fingerprint density at radius 2 is 2.50 bits per heavy atom. The van der Waals surface area contributed by atoms with Crippen molar-refractivity contribution in [3.05, 3.63) is 0 Å². The maximum absolute atomic E-state index is 10.4. The summed E-state index contributed by atoms with van der Waals surface area (Å²) in [6, 6.07) is -0.606. The Hall–Kier alpha value is -0.0300. The van der Waals surface area contributed by atoms with Crippen molar-refractivity contribution in [1.29, 1.82) is 0 Å². The second-order valence-corrected chi connectivity index (χ2v) is 4.83. The van der Waals surface area contributed by atoms with Crippen LogP contribution >= 0.6 is 27.7 Å². The van der Waals surface area contributed by atoms with Gasteiger partial charge in [0, 0.05) is 0 Å². The first kappa shape index (κ1) is 8.07. The number of rotatable bonds is 1. The predicted molar refractivity (Wildman–Crippen MR) is 44.8 cm³/mol. The van der Waals surface area contributed by atoms with E-state index in [-0.39, 0.29) is 4.16 Å². The van der Waals surface area contributed by atoms with Gasteiger partial charge in [0.25, 0.3) is 0 Å². The molecule has 5 heteroatoms. The van der Waals surface area contributed by atoms with Crippen molar-refractivity contribution >= 4 is 38.7 Å². The Kier molecular flexibility index (Phi) is 2.36. The van der Waals surface area contributed by atoms with Crippen LogP contribution in [0.1, 0.15) is 6.92 Å². The number of hydrogen-bond acceptors (Lipinski definition) is 3. The quantitative estimate of drug-likeness (QED) is 0.683. The van der Waals surface area contributed by atoms with E-state index in [1.54, 1.807) is 0 Å². The summed E-state index contributed by atoms with van der Waals surface area (Å²) in [5.74, 6) is -0.869. The van der Waals surface area contributed by atoms with Crippen LogP contribution in [0.2, 0.25) is 0 Å². The Balaban J connectivity index is 2.69. The van der Waals surface area contributed by atoms with Gasteiger partial charge in [-0.1, -0.05) is 27.7 Å². The van der Waals surface area contributed by atoms with Crippen molar-refractivity contribution < 1.29 is 9.90 Å². The van der Waals surface area contributed by atoms with Gasteiger partial charge in [0.15, 0.2) is 6.04 Å². The minimum Gasteiger partial charge on any atom is -0.480 e. The van der Waals surface area contributed by atoms with Crippen molar-refractivity contribution in [3.63, 3.8) is 0 Å². The van der Waals surface area contributed by atoms with Crippen LogP contribution in [-0.2, 0) is 4.79 Å². The summed E-state index contributed by atoms with van der Waals surface area (Å²) in [5, 5.41) is 9.38. The van der Waals surface area contributed by atoms with Gasteiger partial charge in [0.1, 0.15) is 0 Å². The number of nitrogens with zero attached hydrogens (tertiary/aromatic N) is 1. The van der Waals surface area contributed by atoms with Gasteiger partial charge >= 0.3 is 5.97 Å². The Bertz CT molecular complexity index is 194. The molecule has 0 aromatic carbocycles. The largest absolute Gasteiger partial charge is 0.480 e. The zero-order valence-corrected chi connectivity index (χ0v) is 7.65. The number of carboxylic acids is 1. The molecule has 0 radical (unpaired) electrons. The SMILES string of the molecule is CC1=NC(C(=O)O)C(Br)S1. The molecule has 0 saturated carbocycles. The standard InChI is InChI=1S/C5H6BrNO2S/c1-2-7-3(5(8)9)4(6)10-2/h3-4H,1H3,(H,8,9). The number of aliphatic imine (C=N–C) groups is 1. The Labute approximate surface area is 71.0 Å². The topological polar surface area (TPSA) is 49.7 Å². The summed E-state index contributed by atoms with van der Waals surface area (Å²) in [4.78, 5) is 14.3. The van der Waals surface area contributed by atoms with E-state index >= 15 is 0 Å². The summed E-state index contributed by atoms with van der Waals surface area (Å²) in [5.41, 5.74) is 0. The molecule has 0 aromatic heterocycles. The van der Waals surface area contributed by atoms with E-state index in [2.05, 4.69) is 20.9 Å². The van der Waals surface area contributed by atoms with Gasteiger partial charge in [-0.05, 0) is 6.92 Å². The molecule has 2 unspecified atom stereocenters. The highest BCUT2D eigenvalue weighted by atomic mass is 79.9. The highest BCUT2D eigenvalue weighted by Gasteiger charge is 2.31. The monoisotopic (exact) mass is 223 g/mol. The second-order valence-electron chi connectivity index (χ2n) is 1.90. The third-order valence-electron chi connectivity index (χ3n) is 1.11. The summed E-state index contributed by atoms with van der Waals surface area (Å²) in [6.07, 6.45) is 0. The molecule has 0 fully saturated rings. The van der Waals surface area contributed by atoms with Crippen molar-refractivity contribution in [2.75, 3.05) is 0 Å². The summed E-state index contributed by atoms with van der Waals surface area (Å²) >= 11 is 4.66. The molecular weight excluding hydrogens is 218 g/mol. The average molecular weight is 224 g/mol. The summed E-state index contributed by atoms with van der Waals surface area (Å²) < 4.78 is -0.0926. The number of aliphatic carboxylic acids is 1. The van der Waals surface area contributed by atoms with E-state index < -0.39 is 12.0 Å². The van der Waals surface area contributed by atoms with Crippen molar-refractivity contribution in [2.45, 2.75) is 17.1 Å². The van der Waals surface area contributed by atoms with E-state index in [1.165, 1.54) is 11.8 Å². The second kappa shape index (κ2) is 2.92. The van der Waals surface area contributed by atoms with E-state index in [1.807, 2.05) is 6.92 Å². The van der Waals surface area contributed by atoms with E-state index in [0.717, 1.165) is 5.04 Å². The predicted octanol–water partition coefficient (Wildman–Crippen LogP) is 1.33. The summed E-state index contributed by atoms with van der Waals surface area (Å²) in [6.45, 7) is 1.81. The lowest BCUT2D eigenvalue weighted by Gasteiger charge is -2.02. The first-order valence-electron chi connectivity index (χ1n) is 2.69. The van der Waals surface area contributed by atoms with Gasteiger partial charge in [-0.25, -0.2) is 4.79 Å². The fraction of sp³-hybridized carbons (Fsp3) is 0.600. The Morgan fingerprint density at radius 1 is 1.90 bits per heavy atom. The molecule has 0 amide bonds. The fourth-order valence-electron chi connectivity index (χ4n) is 0.680. The molecule has 1 rings (SSSR count). The smallest absolute Gasteiger partial charge is 0.330 e. The molecule has 10 heavy (non-hydrogen) atoms. The van der Waals surface area contributed by atoms with Crippen LogP contribution in [0.4, 0.5) is 0 Å². The lowest BCUT2D eigenvalue weighted by molar-refractivity contribution is -0.137. The van der Waals surface area contributed by atoms with Gasteiger partial charge in [-0.3, -0.25) is 4.99 Å². The molecule has 3 nitrogen and oxygen atoms in total. The maximum atomic E-state index is 10.4. The lowest BCUT2D eigenvalue weighted by Crippen LogP contribution is -2.22. The molecule has 0 spiro atoms. The van der Waals surface area contributed by atoms with Gasteiger partial charge in [0.2, 0.25) is 0 Å². The molecule has 0 aromatic rings.